The zero-order valence-electron chi connectivity index (χ0n) is 10.5. The van der Waals surface area contributed by atoms with Gasteiger partial charge in [-0.25, -0.2) is 0 Å². The summed E-state index contributed by atoms with van der Waals surface area (Å²) in [5, 5.41) is 10.0. The SMILES string of the molecule is C=CC1CC(=O)N(CCC(O)c2ccccc2)C1. The Morgan fingerprint density at radius 2 is 2.17 bits per heavy atom. The monoisotopic (exact) mass is 245 g/mol. The van der Waals surface area contributed by atoms with Gasteiger partial charge in [-0.15, -0.1) is 6.58 Å². The first-order chi connectivity index (χ1) is 8.70. The topological polar surface area (TPSA) is 40.5 Å². The van der Waals surface area contributed by atoms with E-state index in [1.54, 1.807) is 0 Å². The molecular weight excluding hydrogens is 226 g/mol. The minimum atomic E-state index is -0.498. The number of carbonyl (C=O) groups excluding carboxylic acids is 1. The summed E-state index contributed by atoms with van der Waals surface area (Å²) in [7, 11) is 0. The van der Waals surface area contributed by atoms with Gasteiger partial charge >= 0.3 is 0 Å². The largest absolute Gasteiger partial charge is 0.388 e. The van der Waals surface area contributed by atoms with Crippen molar-refractivity contribution < 1.29 is 9.90 Å². The molecule has 96 valence electrons. The van der Waals surface area contributed by atoms with Crippen molar-refractivity contribution in [2.24, 2.45) is 5.92 Å². The Balaban J connectivity index is 1.85. The van der Waals surface area contributed by atoms with E-state index in [-0.39, 0.29) is 11.8 Å². The van der Waals surface area contributed by atoms with Crippen molar-refractivity contribution >= 4 is 5.91 Å². The molecule has 18 heavy (non-hydrogen) atoms. The number of nitrogens with zero attached hydrogens (tertiary/aromatic N) is 1. The van der Waals surface area contributed by atoms with Gasteiger partial charge in [0.2, 0.25) is 5.91 Å². The number of amides is 1. The van der Waals surface area contributed by atoms with Crippen LogP contribution in [0.3, 0.4) is 0 Å². The zero-order valence-corrected chi connectivity index (χ0v) is 10.5. The second-order valence-corrected chi connectivity index (χ2v) is 4.75. The summed E-state index contributed by atoms with van der Waals surface area (Å²) in [5.74, 6) is 0.437. The number of hydrogen-bond acceptors (Lipinski definition) is 2. The Hall–Kier alpha value is -1.61. The summed E-state index contributed by atoms with van der Waals surface area (Å²) in [6.45, 7) is 5.08. The fourth-order valence-corrected chi connectivity index (χ4v) is 2.30. The molecule has 1 aliphatic heterocycles. The highest BCUT2D eigenvalue weighted by molar-refractivity contribution is 5.78. The van der Waals surface area contributed by atoms with Crippen LogP contribution in [-0.2, 0) is 4.79 Å². The quantitative estimate of drug-likeness (QED) is 0.807. The normalized spacial score (nSPS) is 21.1. The molecule has 3 nitrogen and oxygen atoms in total. The smallest absolute Gasteiger partial charge is 0.223 e. The Bertz CT molecular complexity index is 416. The fraction of sp³-hybridized carbons (Fsp3) is 0.400. The Morgan fingerprint density at radius 1 is 1.44 bits per heavy atom. The Morgan fingerprint density at radius 3 is 2.78 bits per heavy atom. The van der Waals surface area contributed by atoms with Crippen molar-refractivity contribution in [2.75, 3.05) is 13.1 Å². The average Bonchev–Trinajstić information content (AvgIpc) is 2.77. The number of aliphatic hydroxyl groups is 1. The molecule has 2 unspecified atom stereocenters. The van der Waals surface area contributed by atoms with E-state index in [2.05, 4.69) is 6.58 Å². The first kappa shape index (κ1) is 12.8. The summed E-state index contributed by atoms with van der Waals surface area (Å²) in [5.41, 5.74) is 0.907. The van der Waals surface area contributed by atoms with Crippen LogP contribution in [0.15, 0.2) is 43.0 Å². The molecule has 0 aliphatic carbocycles. The molecule has 0 radical (unpaired) electrons. The van der Waals surface area contributed by atoms with Crippen molar-refractivity contribution in [1.29, 1.82) is 0 Å². The zero-order chi connectivity index (χ0) is 13.0. The van der Waals surface area contributed by atoms with Crippen LogP contribution < -0.4 is 0 Å². The fourth-order valence-electron chi connectivity index (χ4n) is 2.30. The molecule has 1 amide bonds. The third-order valence-electron chi connectivity index (χ3n) is 3.43. The van der Waals surface area contributed by atoms with E-state index in [9.17, 15) is 9.90 Å². The maximum atomic E-state index is 11.7. The summed E-state index contributed by atoms with van der Waals surface area (Å²) in [6.07, 6.45) is 2.48. The molecule has 0 spiro atoms. The van der Waals surface area contributed by atoms with Crippen LogP contribution >= 0.6 is 0 Å². The molecule has 1 N–H and O–H groups in total. The van der Waals surface area contributed by atoms with Crippen LogP contribution in [0.4, 0.5) is 0 Å². The van der Waals surface area contributed by atoms with Gasteiger partial charge in [-0.1, -0.05) is 36.4 Å². The molecule has 1 fully saturated rings. The molecule has 0 saturated carbocycles. The van der Waals surface area contributed by atoms with Crippen molar-refractivity contribution in [1.82, 2.24) is 4.90 Å². The second-order valence-electron chi connectivity index (χ2n) is 4.75. The summed E-state index contributed by atoms with van der Waals surface area (Å²) in [4.78, 5) is 13.5. The average molecular weight is 245 g/mol. The standard InChI is InChI=1S/C15H19NO2/c1-2-12-10-15(18)16(11-12)9-8-14(17)13-6-4-3-5-7-13/h2-7,12,14,17H,1,8-11H2. The van der Waals surface area contributed by atoms with E-state index in [4.69, 9.17) is 0 Å². The molecule has 1 heterocycles. The lowest BCUT2D eigenvalue weighted by atomic mass is 10.1. The van der Waals surface area contributed by atoms with E-state index in [1.165, 1.54) is 0 Å². The first-order valence-corrected chi connectivity index (χ1v) is 6.34. The maximum absolute atomic E-state index is 11.7. The van der Waals surface area contributed by atoms with Gasteiger partial charge in [0.15, 0.2) is 0 Å². The highest BCUT2D eigenvalue weighted by Gasteiger charge is 2.27. The highest BCUT2D eigenvalue weighted by Crippen LogP contribution is 2.21. The predicted molar refractivity (Wildman–Crippen MR) is 70.9 cm³/mol. The minimum absolute atomic E-state index is 0.167. The Kier molecular flexibility index (Phi) is 4.15. The van der Waals surface area contributed by atoms with Crippen molar-refractivity contribution in [3.63, 3.8) is 0 Å². The number of rotatable bonds is 5. The van der Waals surface area contributed by atoms with Gasteiger partial charge in [0.25, 0.3) is 0 Å². The van der Waals surface area contributed by atoms with Crippen LogP contribution in [-0.4, -0.2) is 29.0 Å². The number of aliphatic hydroxyl groups excluding tert-OH is 1. The lowest BCUT2D eigenvalue weighted by Crippen LogP contribution is -2.27. The molecule has 1 saturated heterocycles. The highest BCUT2D eigenvalue weighted by atomic mass is 16.3. The van der Waals surface area contributed by atoms with Crippen LogP contribution in [0.25, 0.3) is 0 Å². The molecule has 2 rings (SSSR count). The van der Waals surface area contributed by atoms with Gasteiger partial charge in [0.1, 0.15) is 0 Å². The molecule has 2 atom stereocenters. The van der Waals surface area contributed by atoms with Gasteiger partial charge in [0.05, 0.1) is 6.10 Å². The van der Waals surface area contributed by atoms with E-state index in [0.717, 1.165) is 12.1 Å². The first-order valence-electron chi connectivity index (χ1n) is 6.34. The molecule has 3 heteroatoms. The number of benzene rings is 1. The lowest BCUT2D eigenvalue weighted by Gasteiger charge is -2.18. The van der Waals surface area contributed by atoms with Gasteiger partial charge < -0.3 is 10.0 Å². The third-order valence-corrected chi connectivity index (χ3v) is 3.43. The van der Waals surface area contributed by atoms with Crippen molar-refractivity contribution in [3.05, 3.63) is 48.6 Å². The van der Waals surface area contributed by atoms with Crippen LogP contribution in [0.1, 0.15) is 24.5 Å². The van der Waals surface area contributed by atoms with Gasteiger partial charge in [0, 0.05) is 25.4 Å². The molecular formula is C15H19NO2. The second kappa shape index (κ2) is 5.83. The number of hydrogen-bond donors (Lipinski definition) is 1. The third kappa shape index (κ3) is 2.99. The summed E-state index contributed by atoms with van der Waals surface area (Å²) < 4.78 is 0. The molecule has 1 aromatic rings. The predicted octanol–water partition coefficient (Wildman–Crippen LogP) is 2.14. The van der Waals surface area contributed by atoms with Crippen LogP contribution in [0, 0.1) is 5.92 Å². The number of carbonyl (C=O) groups is 1. The van der Waals surface area contributed by atoms with E-state index in [1.807, 2.05) is 41.3 Å². The maximum Gasteiger partial charge on any atom is 0.223 e. The molecule has 1 aromatic carbocycles. The number of likely N-dealkylation sites (tertiary alicyclic amines) is 1. The molecule has 0 bridgehead atoms. The van der Waals surface area contributed by atoms with Gasteiger partial charge in [-0.2, -0.15) is 0 Å². The molecule has 1 aliphatic rings. The van der Waals surface area contributed by atoms with E-state index >= 15 is 0 Å². The van der Waals surface area contributed by atoms with Crippen molar-refractivity contribution in [3.8, 4) is 0 Å². The molecule has 0 aromatic heterocycles. The van der Waals surface area contributed by atoms with Gasteiger partial charge in [-0.3, -0.25) is 4.79 Å². The summed E-state index contributed by atoms with van der Waals surface area (Å²) in [6, 6.07) is 9.56. The lowest BCUT2D eigenvalue weighted by molar-refractivity contribution is -0.128. The van der Waals surface area contributed by atoms with Crippen LogP contribution in [0.2, 0.25) is 0 Å². The Labute approximate surface area is 108 Å². The minimum Gasteiger partial charge on any atom is -0.388 e. The van der Waals surface area contributed by atoms with E-state index < -0.39 is 6.10 Å². The van der Waals surface area contributed by atoms with Crippen LogP contribution in [0.5, 0.6) is 0 Å². The van der Waals surface area contributed by atoms with Crippen molar-refractivity contribution in [2.45, 2.75) is 18.9 Å². The van der Waals surface area contributed by atoms with Gasteiger partial charge in [-0.05, 0) is 12.0 Å². The summed E-state index contributed by atoms with van der Waals surface area (Å²) >= 11 is 0. The van der Waals surface area contributed by atoms with E-state index in [0.29, 0.717) is 19.4 Å².